The maximum Gasteiger partial charge on any atom is 0.0416 e. The largest absolute Gasteiger partial charge is 0.381 e. The lowest BCUT2D eigenvalue weighted by Crippen LogP contribution is -2.00. The van der Waals surface area contributed by atoms with Crippen molar-refractivity contribution in [1.82, 2.24) is 4.98 Å². The van der Waals surface area contributed by atoms with Crippen LogP contribution in [0.3, 0.4) is 0 Å². The first-order valence-corrected chi connectivity index (χ1v) is 6.02. The van der Waals surface area contributed by atoms with E-state index in [0.717, 1.165) is 24.3 Å². The molecule has 0 saturated heterocycles. The number of nitrogens with one attached hydrogen (secondary N) is 1. The molecule has 2 heteroatoms. The highest BCUT2D eigenvalue weighted by Crippen LogP contribution is 2.11. The molecule has 0 saturated carbocycles. The Kier molecular flexibility index (Phi) is 3.76. The predicted octanol–water partition coefficient (Wildman–Crippen LogP) is 3.56. The van der Waals surface area contributed by atoms with Crippen LogP contribution < -0.4 is 5.32 Å². The molecule has 0 spiro atoms. The van der Waals surface area contributed by atoms with Crippen LogP contribution in [0, 0.1) is 6.92 Å². The number of nitrogens with zero attached hydrogens (tertiary/aromatic N) is 1. The smallest absolute Gasteiger partial charge is 0.0416 e. The third kappa shape index (κ3) is 3.31. The minimum atomic E-state index is 0.818. The summed E-state index contributed by atoms with van der Waals surface area (Å²) in [5.74, 6) is 0. The molecule has 1 aromatic heterocycles. The fourth-order valence-corrected chi connectivity index (χ4v) is 1.67. The average Bonchev–Trinajstić information content (AvgIpc) is 2.39. The van der Waals surface area contributed by atoms with Crippen molar-refractivity contribution in [2.75, 3.05) is 5.32 Å². The molecule has 0 atom stereocenters. The summed E-state index contributed by atoms with van der Waals surface area (Å²) in [5, 5.41) is 3.39. The summed E-state index contributed by atoms with van der Waals surface area (Å²) >= 11 is 0. The van der Waals surface area contributed by atoms with E-state index in [1.165, 1.54) is 11.1 Å². The quantitative estimate of drug-likeness (QED) is 0.862. The SMILES string of the molecule is CCc1ccc(NCc2ccc(C)nc2)cc1. The first-order valence-electron chi connectivity index (χ1n) is 6.02. The molecule has 2 nitrogen and oxygen atoms in total. The molecular weight excluding hydrogens is 208 g/mol. The van der Waals surface area contributed by atoms with E-state index >= 15 is 0 Å². The molecule has 0 unspecified atom stereocenters. The molecule has 2 rings (SSSR count). The molecule has 17 heavy (non-hydrogen) atoms. The molecular formula is C15H18N2. The Balaban J connectivity index is 1.95. The molecule has 0 radical (unpaired) electrons. The number of rotatable bonds is 4. The van der Waals surface area contributed by atoms with Crippen LogP contribution in [-0.4, -0.2) is 4.98 Å². The van der Waals surface area contributed by atoms with Gasteiger partial charge in [0, 0.05) is 24.1 Å². The van der Waals surface area contributed by atoms with Crippen LogP contribution in [0.4, 0.5) is 5.69 Å². The Bertz CT molecular complexity index is 457. The summed E-state index contributed by atoms with van der Waals surface area (Å²) < 4.78 is 0. The summed E-state index contributed by atoms with van der Waals surface area (Å²) in [6, 6.07) is 12.7. The Morgan fingerprint density at radius 1 is 1.00 bits per heavy atom. The van der Waals surface area contributed by atoms with Gasteiger partial charge in [0.15, 0.2) is 0 Å². The second kappa shape index (κ2) is 5.48. The lowest BCUT2D eigenvalue weighted by Gasteiger charge is -2.07. The van der Waals surface area contributed by atoms with Crippen molar-refractivity contribution < 1.29 is 0 Å². The molecule has 1 N–H and O–H groups in total. The standard InChI is InChI=1S/C15H18N2/c1-3-13-6-8-15(9-7-13)17-11-14-5-4-12(2)16-10-14/h4-10,17H,3,11H2,1-2H3. The van der Waals surface area contributed by atoms with Gasteiger partial charge in [-0.05, 0) is 42.7 Å². The number of pyridine rings is 1. The Morgan fingerprint density at radius 2 is 1.71 bits per heavy atom. The van der Waals surface area contributed by atoms with Crippen molar-refractivity contribution in [3.05, 3.63) is 59.4 Å². The van der Waals surface area contributed by atoms with Gasteiger partial charge in [0.1, 0.15) is 0 Å². The van der Waals surface area contributed by atoms with E-state index in [0.29, 0.717) is 0 Å². The maximum atomic E-state index is 4.28. The fourth-order valence-electron chi connectivity index (χ4n) is 1.67. The fraction of sp³-hybridized carbons (Fsp3) is 0.267. The van der Waals surface area contributed by atoms with E-state index in [2.05, 4.69) is 47.6 Å². The molecule has 0 fully saturated rings. The van der Waals surface area contributed by atoms with Gasteiger partial charge in [0.2, 0.25) is 0 Å². The van der Waals surface area contributed by atoms with Crippen LogP contribution >= 0.6 is 0 Å². The topological polar surface area (TPSA) is 24.9 Å². The first-order chi connectivity index (χ1) is 8.28. The summed E-state index contributed by atoms with van der Waals surface area (Å²) in [6.07, 6.45) is 3.00. The summed E-state index contributed by atoms with van der Waals surface area (Å²) in [5.41, 5.74) is 4.78. The van der Waals surface area contributed by atoms with E-state index < -0.39 is 0 Å². The zero-order valence-electron chi connectivity index (χ0n) is 10.4. The molecule has 0 amide bonds. The number of aryl methyl sites for hydroxylation is 2. The van der Waals surface area contributed by atoms with Crippen LogP contribution in [0.5, 0.6) is 0 Å². The number of anilines is 1. The minimum absolute atomic E-state index is 0.818. The summed E-state index contributed by atoms with van der Waals surface area (Å²) in [7, 11) is 0. The maximum absolute atomic E-state index is 4.28. The van der Waals surface area contributed by atoms with Crippen molar-refractivity contribution >= 4 is 5.69 Å². The zero-order chi connectivity index (χ0) is 12.1. The van der Waals surface area contributed by atoms with Crippen LogP contribution in [0.15, 0.2) is 42.6 Å². The third-order valence-corrected chi connectivity index (χ3v) is 2.83. The van der Waals surface area contributed by atoms with Gasteiger partial charge < -0.3 is 5.32 Å². The van der Waals surface area contributed by atoms with E-state index in [-0.39, 0.29) is 0 Å². The lowest BCUT2D eigenvalue weighted by atomic mass is 10.1. The van der Waals surface area contributed by atoms with Gasteiger partial charge in [-0.15, -0.1) is 0 Å². The van der Waals surface area contributed by atoms with Crippen molar-refractivity contribution in [3.8, 4) is 0 Å². The highest BCUT2D eigenvalue weighted by Gasteiger charge is 1.95. The molecule has 0 aliphatic heterocycles. The highest BCUT2D eigenvalue weighted by atomic mass is 14.9. The van der Waals surface area contributed by atoms with Crippen molar-refractivity contribution in [2.45, 2.75) is 26.8 Å². The van der Waals surface area contributed by atoms with Gasteiger partial charge in [-0.25, -0.2) is 0 Å². The molecule has 0 aliphatic rings. The lowest BCUT2D eigenvalue weighted by molar-refractivity contribution is 1.08. The van der Waals surface area contributed by atoms with E-state index in [1.807, 2.05) is 19.2 Å². The zero-order valence-corrected chi connectivity index (χ0v) is 10.4. The Labute approximate surface area is 103 Å². The van der Waals surface area contributed by atoms with Gasteiger partial charge >= 0.3 is 0 Å². The predicted molar refractivity (Wildman–Crippen MR) is 72.1 cm³/mol. The van der Waals surface area contributed by atoms with E-state index in [9.17, 15) is 0 Å². The van der Waals surface area contributed by atoms with Gasteiger partial charge in [-0.2, -0.15) is 0 Å². The molecule has 1 heterocycles. The summed E-state index contributed by atoms with van der Waals surface area (Å²) in [6.45, 7) is 4.99. The number of hydrogen-bond donors (Lipinski definition) is 1. The molecule has 2 aromatic rings. The van der Waals surface area contributed by atoms with E-state index in [4.69, 9.17) is 0 Å². The first kappa shape index (κ1) is 11.6. The molecule has 1 aromatic carbocycles. The molecule has 88 valence electrons. The number of aromatic nitrogens is 1. The second-order valence-corrected chi connectivity index (χ2v) is 4.21. The van der Waals surface area contributed by atoms with Crippen LogP contribution in [0.1, 0.15) is 23.7 Å². The normalized spacial score (nSPS) is 10.2. The molecule has 0 bridgehead atoms. The number of benzene rings is 1. The van der Waals surface area contributed by atoms with Crippen LogP contribution in [0.25, 0.3) is 0 Å². The third-order valence-electron chi connectivity index (χ3n) is 2.83. The Hall–Kier alpha value is -1.83. The monoisotopic (exact) mass is 226 g/mol. The van der Waals surface area contributed by atoms with Crippen molar-refractivity contribution in [2.24, 2.45) is 0 Å². The van der Waals surface area contributed by atoms with Crippen LogP contribution in [-0.2, 0) is 13.0 Å². The van der Waals surface area contributed by atoms with Crippen molar-refractivity contribution in [3.63, 3.8) is 0 Å². The summed E-state index contributed by atoms with van der Waals surface area (Å²) in [4.78, 5) is 4.28. The van der Waals surface area contributed by atoms with Crippen LogP contribution in [0.2, 0.25) is 0 Å². The second-order valence-electron chi connectivity index (χ2n) is 4.21. The highest BCUT2D eigenvalue weighted by molar-refractivity contribution is 5.45. The van der Waals surface area contributed by atoms with Gasteiger partial charge in [0.05, 0.1) is 0 Å². The van der Waals surface area contributed by atoms with Gasteiger partial charge in [-0.1, -0.05) is 25.1 Å². The van der Waals surface area contributed by atoms with Gasteiger partial charge in [-0.3, -0.25) is 4.98 Å². The van der Waals surface area contributed by atoms with Crippen molar-refractivity contribution in [1.29, 1.82) is 0 Å². The molecule has 0 aliphatic carbocycles. The number of hydrogen-bond acceptors (Lipinski definition) is 2. The average molecular weight is 226 g/mol. The Morgan fingerprint density at radius 3 is 2.29 bits per heavy atom. The minimum Gasteiger partial charge on any atom is -0.381 e. The van der Waals surface area contributed by atoms with Gasteiger partial charge in [0.25, 0.3) is 0 Å². The van der Waals surface area contributed by atoms with E-state index in [1.54, 1.807) is 0 Å².